The number of fused-ring (bicyclic) bond motifs is 1. The van der Waals surface area contributed by atoms with Crippen LogP contribution in [0.5, 0.6) is 0 Å². The third-order valence-electron chi connectivity index (χ3n) is 5.16. The zero-order chi connectivity index (χ0) is 21.2. The van der Waals surface area contributed by atoms with Crippen molar-refractivity contribution in [3.63, 3.8) is 0 Å². The van der Waals surface area contributed by atoms with Crippen molar-refractivity contribution in [1.29, 1.82) is 0 Å². The number of rotatable bonds is 2. The molecule has 150 valence electrons. The summed E-state index contributed by atoms with van der Waals surface area (Å²) in [6.45, 7) is 10.9. The molecule has 0 atom stereocenters. The minimum absolute atomic E-state index is 0.171. The number of hydrogen-bond donors (Lipinski definition) is 0. The fraction of sp³-hybridized carbons (Fsp3) is 0.240. The van der Waals surface area contributed by atoms with Crippen molar-refractivity contribution in [2.75, 3.05) is 0 Å². The van der Waals surface area contributed by atoms with Crippen molar-refractivity contribution >= 4 is 27.8 Å². The number of furan rings is 1. The van der Waals surface area contributed by atoms with E-state index in [1.165, 1.54) is 33.0 Å². The topological polar surface area (TPSA) is 13.1 Å². The van der Waals surface area contributed by atoms with E-state index in [1.54, 1.807) is 0 Å². The van der Waals surface area contributed by atoms with Crippen LogP contribution in [0.1, 0.15) is 37.7 Å². The van der Waals surface area contributed by atoms with E-state index >= 15 is 0 Å². The van der Waals surface area contributed by atoms with Gasteiger partial charge in [-0.3, -0.25) is 0 Å². The molecule has 4 heteroatoms. The zero-order valence-electron chi connectivity index (χ0n) is 17.4. The molecule has 1 heterocycles. The van der Waals surface area contributed by atoms with E-state index in [0.29, 0.717) is 0 Å². The van der Waals surface area contributed by atoms with Crippen LogP contribution in [-0.4, -0.2) is 0 Å². The number of aryl methyl sites for hydroxylation is 2. The first-order valence-electron chi connectivity index (χ1n) is 9.58. The molecular weight excluding hydrogens is 478 g/mol. The molecule has 4 aromatic rings. The van der Waals surface area contributed by atoms with Gasteiger partial charge in [-0.05, 0) is 48.1 Å². The van der Waals surface area contributed by atoms with Gasteiger partial charge in [0.2, 0.25) is 0 Å². The monoisotopic (exact) mass is 501 g/mol. The molecule has 0 saturated carbocycles. The molecule has 0 aliphatic carbocycles. The fourth-order valence-electron chi connectivity index (χ4n) is 3.64. The second-order valence-electron chi connectivity index (χ2n) is 8.31. The standard InChI is InChI=1S/C25H25O.2ClH.Zr/c1-16-6-8-19-14-20(23-13-7-17(2)26-23)15-22(19)24(16)18-9-11-21(12-10-18)25(3,4)5;;;/h6-15H,1-5H3;2*1H;/q-1;;;+2/p-2. The SMILES string of the molecule is Cc1ccc(-c2cc3c(-c4ccc(C(C)(C)C)cc4)c(C)ccc3[cH-]2)o1.[Cl][Zr][Cl]. The van der Waals surface area contributed by atoms with Crippen LogP contribution in [0.4, 0.5) is 0 Å². The van der Waals surface area contributed by atoms with Crippen LogP contribution in [-0.2, 0) is 26.3 Å². The molecule has 0 aliphatic rings. The van der Waals surface area contributed by atoms with E-state index in [-0.39, 0.29) is 5.41 Å². The Kier molecular flexibility index (Phi) is 7.20. The van der Waals surface area contributed by atoms with E-state index < -0.39 is 20.8 Å². The van der Waals surface area contributed by atoms with Crippen molar-refractivity contribution in [2.45, 2.75) is 40.0 Å². The Balaban J connectivity index is 0.000000755. The Morgan fingerprint density at radius 1 is 0.897 bits per heavy atom. The molecule has 0 saturated heterocycles. The third-order valence-corrected chi connectivity index (χ3v) is 5.16. The third kappa shape index (κ3) is 5.11. The van der Waals surface area contributed by atoms with Crippen LogP contribution in [0.25, 0.3) is 33.2 Å². The quantitative estimate of drug-likeness (QED) is 0.249. The van der Waals surface area contributed by atoms with Crippen LogP contribution in [0.15, 0.2) is 65.1 Å². The number of halogens is 2. The van der Waals surface area contributed by atoms with E-state index in [4.69, 9.17) is 21.4 Å². The maximum atomic E-state index is 5.83. The van der Waals surface area contributed by atoms with Gasteiger partial charge in [0.1, 0.15) is 0 Å². The molecule has 0 amide bonds. The van der Waals surface area contributed by atoms with Gasteiger partial charge in [0.05, 0.1) is 11.5 Å². The van der Waals surface area contributed by atoms with E-state index in [1.807, 2.05) is 19.1 Å². The molecule has 3 aromatic carbocycles. The van der Waals surface area contributed by atoms with Crippen LogP contribution < -0.4 is 0 Å². The first-order valence-corrected chi connectivity index (χ1v) is 15.9. The van der Waals surface area contributed by atoms with Gasteiger partial charge in [-0.25, -0.2) is 0 Å². The van der Waals surface area contributed by atoms with Gasteiger partial charge in [0.15, 0.2) is 0 Å². The molecule has 1 aromatic heterocycles. The maximum absolute atomic E-state index is 5.83. The Hall–Kier alpha value is -1.21. The van der Waals surface area contributed by atoms with E-state index in [2.05, 4.69) is 76.2 Å². The van der Waals surface area contributed by atoms with Crippen molar-refractivity contribution in [1.82, 2.24) is 0 Å². The molecule has 0 unspecified atom stereocenters. The van der Waals surface area contributed by atoms with Crippen LogP contribution >= 0.6 is 17.0 Å². The summed E-state index contributed by atoms with van der Waals surface area (Å²) in [6, 6.07) is 22.0. The van der Waals surface area contributed by atoms with Crippen molar-refractivity contribution < 1.29 is 25.3 Å². The molecule has 1 nitrogen and oxygen atoms in total. The summed E-state index contributed by atoms with van der Waals surface area (Å²) in [5.74, 6) is 1.88. The molecular formula is C25H25Cl2OZr-. The van der Waals surface area contributed by atoms with Crippen LogP contribution in [0, 0.1) is 13.8 Å². The van der Waals surface area contributed by atoms with Gasteiger partial charge in [0, 0.05) is 0 Å². The predicted molar refractivity (Wildman–Crippen MR) is 123 cm³/mol. The van der Waals surface area contributed by atoms with Gasteiger partial charge in [0.25, 0.3) is 0 Å². The van der Waals surface area contributed by atoms with Gasteiger partial charge >= 0.3 is 37.9 Å². The summed E-state index contributed by atoms with van der Waals surface area (Å²) in [4.78, 5) is 0. The van der Waals surface area contributed by atoms with Gasteiger partial charge < -0.3 is 4.42 Å². The molecule has 0 fully saturated rings. The van der Waals surface area contributed by atoms with E-state index in [9.17, 15) is 0 Å². The Morgan fingerprint density at radius 3 is 2.10 bits per heavy atom. The molecule has 29 heavy (non-hydrogen) atoms. The summed E-state index contributed by atoms with van der Waals surface area (Å²) in [5, 5.41) is 2.55. The predicted octanol–water partition coefficient (Wildman–Crippen LogP) is 8.78. The van der Waals surface area contributed by atoms with Gasteiger partial charge in [-0.15, -0.1) is 29.0 Å². The second-order valence-corrected chi connectivity index (χ2v) is 12.0. The van der Waals surface area contributed by atoms with Crippen LogP contribution in [0.2, 0.25) is 0 Å². The molecule has 4 rings (SSSR count). The Morgan fingerprint density at radius 2 is 1.55 bits per heavy atom. The summed E-state index contributed by atoms with van der Waals surface area (Å²) in [6.07, 6.45) is 0. The molecule has 0 radical (unpaired) electrons. The first-order chi connectivity index (χ1) is 13.7. The normalized spacial score (nSPS) is 11.3. The summed E-state index contributed by atoms with van der Waals surface area (Å²) >= 11 is -0.826. The molecule has 0 spiro atoms. The zero-order valence-corrected chi connectivity index (χ0v) is 21.4. The summed E-state index contributed by atoms with van der Waals surface area (Å²) in [7, 11) is 9.87. The second kappa shape index (κ2) is 9.29. The van der Waals surface area contributed by atoms with Crippen LogP contribution in [0.3, 0.4) is 0 Å². The minimum atomic E-state index is -0.826. The van der Waals surface area contributed by atoms with E-state index in [0.717, 1.165) is 17.1 Å². The summed E-state index contributed by atoms with van der Waals surface area (Å²) in [5.41, 5.74) is 6.57. The van der Waals surface area contributed by atoms with Crippen molar-refractivity contribution in [2.24, 2.45) is 0 Å². The van der Waals surface area contributed by atoms with Crippen molar-refractivity contribution in [3.8, 4) is 22.5 Å². The molecule has 0 bridgehead atoms. The number of hydrogen-bond acceptors (Lipinski definition) is 1. The molecule has 0 aliphatic heterocycles. The number of benzene rings is 2. The average Bonchev–Trinajstić information content (AvgIpc) is 3.28. The summed E-state index contributed by atoms with van der Waals surface area (Å²) < 4.78 is 5.83. The Bertz CT molecular complexity index is 1100. The Labute approximate surface area is 192 Å². The van der Waals surface area contributed by atoms with Crippen molar-refractivity contribution in [3.05, 3.63) is 77.6 Å². The van der Waals surface area contributed by atoms with Gasteiger partial charge in [-0.2, -0.15) is 0 Å². The fourth-order valence-corrected chi connectivity index (χ4v) is 3.64. The average molecular weight is 504 g/mol. The molecule has 0 N–H and O–H groups in total. The van der Waals surface area contributed by atoms with Gasteiger partial charge in [-0.1, -0.05) is 62.2 Å². The first kappa shape index (κ1) is 22.5.